The van der Waals surface area contributed by atoms with Gasteiger partial charge in [-0.2, -0.15) is 0 Å². The minimum atomic E-state index is 0. The molecule has 1 aromatic carbocycles. The molecule has 28 heavy (non-hydrogen) atoms. The second-order valence-corrected chi connectivity index (χ2v) is 7.92. The lowest BCUT2D eigenvalue weighted by Crippen LogP contribution is -2.54. The fraction of sp³-hybridized carbons (Fsp3) is 0.682. The Bertz CT molecular complexity index is 583. The Balaban J connectivity index is 0.00000280. The van der Waals surface area contributed by atoms with Crippen molar-refractivity contribution >= 4 is 29.9 Å². The predicted octanol–water partition coefficient (Wildman–Crippen LogP) is 3.61. The second-order valence-electron chi connectivity index (χ2n) is 7.92. The average molecular weight is 500 g/mol. The van der Waals surface area contributed by atoms with Gasteiger partial charge in [-0.1, -0.05) is 37.3 Å². The Hall–Kier alpha value is -0.860. The zero-order chi connectivity index (χ0) is 19.0. The van der Waals surface area contributed by atoms with E-state index >= 15 is 0 Å². The summed E-state index contributed by atoms with van der Waals surface area (Å²) in [6.45, 7) is 11.2. The van der Waals surface area contributed by atoms with Crippen molar-refractivity contribution in [3.63, 3.8) is 0 Å². The summed E-state index contributed by atoms with van der Waals surface area (Å²) in [5, 5.41) is 6.98. The van der Waals surface area contributed by atoms with Crippen molar-refractivity contribution in [2.45, 2.75) is 51.0 Å². The quantitative estimate of drug-likeness (QED) is 0.341. The van der Waals surface area contributed by atoms with Crippen LogP contribution in [0.2, 0.25) is 0 Å². The molecule has 0 aromatic heterocycles. The lowest BCUT2D eigenvalue weighted by molar-refractivity contribution is -0.0139. The van der Waals surface area contributed by atoms with E-state index in [-0.39, 0.29) is 29.5 Å². The van der Waals surface area contributed by atoms with Crippen molar-refractivity contribution in [1.82, 2.24) is 15.5 Å². The number of benzene rings is 1. The molecule has 1 aromatic rings. The van der Waals surface area contributed by atoms with E-state index in [0.29, 0.717) is 5.92 Å². The topological polar surface area (TPSA) is 48.9 Å². The van der Waals surface area contributed by atoms with E-state index in [1.807, 2.05) is 0 Å². The van der Waals surface area contributed by atoms with Gasteiger partial charge in [0.15, 0.2) is 5.96 Å². The highest BCUT2D eigenvalue weighted by Crippen LogP contribution is 2.31. The monoisotopic (exact) mass is 500 g/mol. The molecule has 158 valence electrons. The van der Waals surface area contributed by atoms with Crippen molar-refractivity contribution in [2.75, 3.05) is 45.9 Å². The molecule has 3 rings (SSSR count). The van der Waals surface area contributed by atoms with E-state index in [1.165, 1.54) is 31.5 Å². The standard InChI is InChI=1S/C22H36N4O.HI/c1-3-23-21(24-17-19(2)20-9-5-4-6-10-20)25-18-22(11-15-27-16-12-22)26-13-7-8-14-26;/h4-6,9-10,19H,3,7-8,11-18H2,1-2H3,(H2,23,24,25);1H. The SMILES string of the molecule is CCNC(=NCC1(N2CCCC2)CCOCC1)NCC(C)c1ccccc1.I. The maximum atomic E-state index is 5.66. The Kier molecular flexibility index (Phi) is 10.0. The summed E-state index contributed by atoms with van der Waals surface area (Å²) in [7, 11) is 0. The molecule has 2 aliphatic rings. The van der Waals surface area contributed by atoms with Gasteiger partial charge < -0.3 is 15.4 Å². The summed E-state index contributed by atoms with van der Waals surface area (Å²) in [6.07, 6.45) is 4.82. The molecule has 6 heteroatoms. The first-order valence-electron chi connectivity index (χ1n) is 10.6. The number of guanidine groups is 1. The first-order valence-corrected chi connectivity index (χ1v) is 10.6. The number of likely N-dealkylation sites (tertiary alicyclic amines) is 1. The summed E-state index contributed by atoms with van der Waals surface area (Å²) in [4.78, 5) is 7.69. The highest BCUT2D eigenvalue weighted by molar-refractivity contribution is 14.0. The highest BCUT2D eigenvalue weighted by atomic mass is 127. The molecule has 0 saturated carbocycles. The number of nitrogens with zero attached hydrogens (tertiary/aromatic N) is 2. The molecule has 0 bridgehead atoms. The van der Waals surface area contributed by atoms with Crippen LogP contribution in [0.4, 0.5) is 0 Å². The van der Waals surface area contributed by atoms with Gasteiger partial charge in [-0.3, -0.25) is 9.89 Å². The van der Waals surface area contributed by atoms with E-state index in [0.717, 1.165) is 51.6 Å². The molecule has 2 saturated heterocycles. The third-order valence-corrected chi connectivity index (χ3v) is 6.02. The summed E-state index contributed by atoms with van der Waals surface area (Å²) >= 11 is 0. The molecule has 1 unspecified atom stereocenters. The van der Waals surface area contributed by atoms with Gasteiger partial charge in [-0.25, -0.2) is 0 Å². The Morgan fingerprint density at radius 2 is 1.82 bits per heavy atom. The van der Waals surface area contributed by atoms with Crippen LogP contribution >= 0.6 is 24.0 Å². The first kappa shape index (κ1) is 23.4. The Morgan fingerprint density at radius 1 is 1.14 bits per heavy atom. The summed E-state index contributed by atoms with van der Waals surface area (Å²) in [5.74, 6) is 1.39. The van der Waals surface area contributed by atoms with Gasteiger partial charge in [0, 0.05) is 31.8 Å². The van der Waals surface area contributed by atoms with Gasteiger partial charge in [0.2, 0.25) is 0 Å². The van der Waals surface area contributed by atoms with Crippen molar-refractivity contribution < 1.29 is 4.74 Å². The number of nitrogens with one attached hydrogen (secondary N) is 2. The van der Waals surface area contributed by atoms with Crippen LogP contribution in [-0.2, 0) is 4.74 Å². The molecule has 0 radical (unpaired) electrons. The zero-order valence-electron chi connectivity index (χ0n) is 17.5. The molecule has 2 N–H and O–H groups in total. The number of ether oxygens (including phenoxy) is 1. The van der Waals surface area contributed by atoms with Crippen molar-refractivity contribution in [3.8, 4) is 0 Å². The average Bonchev–Trinajstić information content (AvgIpc) is 3.27. The summed E-state index contributed by atoms with van der Waals surface area (Å²) in [6, 6.07) is 10.7. The van der Waals surface area contributed by atoms with Gasteiger partial charge in [0.25, 0.3) is 0 Å². The largest absolute Gasteiger partial charge is 0.381 e. The van der Waals surface area contributed by atoms with Crippen LogP contribution in [0.3, 0.4) is 0 Å². The lowest BCUT2D eigenvalue weighted by atomic mass is 9.88. The molecule has 1 atom stereocenters. The molecule has 2 heterocycles. The molecule has 0 aliphatic carbocycles. The van der Waals surface area contributed by atoms with Gasteiger partial charge in [-0.05, 0) is 57.2 Å². The molecular weight excluding hydrogens is 463 g/mol. The van der Waals surface area contributed by atoms with E-state index in [1.54, 1.807) is 0 Å². The lowest BCUT2D eigenvalue weighted by Gasteiger charge is -2.43. The zero-order valence-corrected chi connectivity index (χ0v) is 19.8. The molecule has 2 aliphatic heterocycles. The smallest absolute Gasteiger partial charge is 0.191 e. The number of hydrogen-bond donors (Lipinski definition) is 2. The molecule has 0 amide bonds. The third-order valence-electron chi connectivity index (χ3n) is 6.02. The van der Waals surface area contributed by atoms with Crippen molar-refractivity contribution in [1.29, 1.82) is 0 Å². The highest BCUT2D eigenvalue weighted by Gasteiger charge is 2.39. The Morgan fingerprint density at radius 3 is 2.46 bits per heavy atom. The van der Waals surface area contributed by atoms with Crippen LogP contribution in [0.5, 0.6) is 0 Å². The molecule has 2 fully saturated rings. The van der Waals surface area contributed by atoms with E-state index < -0.39 is 0 Å². The number of rotatable bonds is 7. The number of hydrogen-bond acceptors (Lipinski definition) is 3. The van der Waals surface area contributed by atoms with E-state index in [4.69, 9.17) is 9.73 Å². The number of halogens is 1. The van der Waals surface area contributed by atoms with Gasteiger partial charge in [-0.15, -0.1) is 24.0 Å². The van der Waals surface area contributed by atoms with Crippen LogP contribution in [0.1, 0.15) is 51.0 Å². The van der Waals surface area contributed by atoms with Crippen LogP contribution in [0, 0.1) is 0 Å². The number of aliphatic imine (C=N–C) groups is 1. The van der Waals surface area contributed by atoms with E-state index in [9.17, 15) is 0 Å². The normalized spacial score (nSPS) is 21.0. The second kappa shape index (κ2) is 12.0. The van der Waals surface area contributed by atoms with Gasteiger partial charge in [0.1, 0.15) is 0 Å². The van der Waals surface area contributed by atoms with E-state index in [2.05, 4.69) is 59.7 Å². The maximum absolute atomic E-state index is 5.66. The van der Waals surface area contributed by atoms with Crippen LogP contribution in [-0.4, -0.2) is 62.3 Å². The maximum Gasteiger partial charge on any atom is 0.191 e. The summed E-state index contributed by atoms with van der Waals surface area (Å²) in [5.41, 5.74) is 1.54. The fourth-order valence-electron chi connectivity index (χ4n) is 4.23. The van der Waals surface area contributed by atoms with Crippen molar-refractivity contribution in [2.24, 2.45) is 4.99 Å². The molecule has 5 nitrogen and oxygen atoms in total. The van der Waals surface area contributed by atoms with Gasteiger partial charge in [0.05, 0.1) is 6.54 Å². The van der Waals surface area contributed by atoms with Gasteiger partial charge >= 0.3 is 0 Å². The van der Waals surface area contributed by atoms with Crippen LogP contribution in [0.15, 0.2) is 35.3 Å². The minimum Gasteiger partial charge on any atom is -0.381 e. The summed E-state index contributed by atoms with van der Waals surface area (Å²) < 4.78 is 5.66. The molecule has 0 spiro atoms. The van der Waals surface area contributed by atoms with Crippen molar-refractivity contribution in [3.05, 3.63) is 35.9 Å². The third kappa shape index (κ3) is 6.32. The first-order chi connectivity index (χ1) is 13.2. The molecular formula is C22H37IN4O. The fourth-order valence-corrected chi connectivity index (χ4v) is 4.23. The van der Waals surface area contributed by atoms with Crippen LogP contribution in [0.25, 0.3) is 0 Å². The Labute approximate surface area is 187 Å². The van der Waals surface area contributed by atoms with Crippen LogP contribution < -0.4 is 10.6 Å². The minimum absolute atomic E-state index is 0. The predicted molar refractivity (Wildman–Crippen MR) is 128 cm³/mol.